The molecule has 0 amide bonds. The summed E-state index contributed by atoms with van der Waals surface area (Å²) in [5.74, 6) is 0. The molecule has 0 heterocycles. The first kappa shape index (κ1) is 11.8. The third-order valence-corrected chi connectivity index (χ3v) is 4.98. The van der Waals surface area contributed by atoms with Crippen molar-refractivity contribution in [2.45, 2.75) is 38.5 Å². The average molecular weight is 260 g/mol. The van der Waals surface area contributed by atoms with Crippen molar-refractivity contribution in [1.82, 2.24) is 0 Å². The summed E-state index contributed by atoms with van der Waals surface area (Å²) in [7, 11) is 0. The highest BCUT2D eigenvalue weighted by Gasteiger charge is 2.20. The average Bonchev–Trinajstić information content (AvgIpc) is 2.58. The van der Waals surface area contributed by atoms with E-state index in [1.165, 1.54) is 53.2 Å². The maximum Gasteiger partial charge on any atom is 0.175 e. The molecule has 2 aromatic rings. The van der Waals surface area contributed by atoms with E-state index in [4.69, 9.17) is 0 Å². The van der Waals surface area contributed by atoms with Crippen molar-refractivity contribution in [2.24, 2.45) is 0 Å². The second-order valence-corrected chi connectivity index (χ2v) is 6.60. The number of aryl methyl sites for hydroxylation is 2. The smallest absolute Gasteiger partial charge is 0.139 e. The molecule has 0 fully saturated rings. The predicted octanol–water partition coefficient (Wildman–Crippen LogP) is 3.32. The lowest BCUT2D eigenvalue weighted by Crippen LogP contribution is -2.01. The number of benzene rings is 2. The molecule has 92 valence electrons. The zero-order valence-electron chi connectivity index (χ0n) is 11.2. The van der Waals surface area contributed by atoms with Crippen molar-refractivity contribution in [1.29, 1.82) is 0 Å². The Morgan fingerprint density at radius 1 is 0.684 bits per heavy atom. The second-order valence-electron chi connectivity index (χ2n) is 5.93. The van der Waals surface area contributed by atoms with Crippen LogP contribution < -0.4 is 4.43 Å². The fourth-order valence-electron chi connectivity index (χ4n) is 3.64. The monoisotopic (exact) mass is 260 g/mol. The second kappa shape index (κ2) is 4.51. The molecular formula is C18H17Al. The molecular weight excluding hydrogens is 243 g/mol. The van der Waals surface area contributed by atoms with Gasteiger partial charge >= 0.3 is 0 Å². The van der Waals surface area contributed by atoms with E-state index in [0.29, 0.717) is 0 Å². The van der Waals surface area contributed by atoms with Gasteiger partial charge in [-0.1, -0.05) is 36.8 Å². The summed E-state index contributed by atoms with van der Waals surface area (Å²) in [6.07, 6.45) is 7.82. The topological polar surface area (TPSA) is 0 Å². The zero-order valence-corrected chi connectivity index (χ0v) is 12.4. The fourth-order valence-corrected chi connectivity index (χ4v) is 3.94. The first-order valence-electron chi connectivity index (χ1n) is 7.35. The van der Waals surface area contributed by atoms with E-state index < -0.39 is 0 Å². The minimum Gasteiger partial charge on any atom is -0.139 e. The molecule has 4 rings (SSSR count). The minimum atomic E-state index is 1.13. The van der Waals surface area contributed by atoms with Crippen LogP contribution in [0, 0.1) is 0 Å². The van der Waals surface area contributed by atoms with Crippen molar-refractivity contribution in [3.05, 3.63) is 52.6 Å². The molecule has 0 saturated carbocycles. The number of fused-ring (bicyclic) bond motifs is 4. The molecule has 19 heavy (non-hydrogen) atoms. The molecule has 0 bridgehead atoms. The predicted molar refractivity (Wildman–Crippen MR) is 81.3 cm³/mol. The van der Waals surface area contributed by atoms with E-state index in [0.717, 1.165) is 6.42 Å². The first-order chi connectivity index (χ1) is 9.31. The molecule has 1 heteroatoms. The Morgan fingerprint density at radius 3 is 2.26 bits per heavy atom. The highest BCUT2D eigenvalue weighted by molar-refractivity contribution is 6.32. The van der Waals surface area contributed by atoms with Crippen LogP contribution >= 0.6 is 0 Å². The number of rotatable bonds is 0. The molecule has 0 nitrogen and oxygen atoms in total. The van der Waals surface area contributed by atoms with Gasteiger partial charge in [0.05, 0.1) is 0 Å². The van der Waals surface area contributed by atoms with Crippen molar-refractivity contribution in [2.75, 3.05) is 0 Å². The zero-order chi connectivity index (χ0) is 12.8. The highest BCUT2D eigenvalue weighted by atomic mass is 27.0. The van der Waals surface area contributed by atoms with Crippen molar-refractivity contribution >= 4 is 20.7 Å². The minimum absolute atomic E-state index is 1.13. The van der Waals surface area contributed by atoms with Gasteiger partial charge in [0.1, 0.15) is 0 Å². The summed E-state index contributed by atoms with van der Waals surface area (Å²) in [5, 5.41) is 0. The maximum atomic E-state index is 2.81. The van der Waals surface area contributed by atoms with Crippen molar-refractivity contribution in [3.63, 3.8) is 0 Å². The van der Waals surface area contributed by atoms with Crippen LogP contribution in [-0.4, -0.2) is 16.3 Å². The standard InChI is InChI=1S/C18H17.Al/c1-2-6-13-10-16-11-15-8-4-5-9-17(15)18(16)12-14(13)7-3-1;/h5,8-10,12H,1-3,6-7,11H2;. The molecule has 0 atom stereocenters. The van der Waals surface area contributed by atoms with Gasteiger partial charge in [0.25, 0.3) is 0 Å². The van der Waals surface area contributed by atoms with Gasteiger partial charge in [-0.15, -0.1) is 4.43 Å². The molecule has 2 aromatic carbocycles. The molecule has 0 N–H and O–H groups in total. The van der Waals surface area contributed by atoms with E-state index in [1.807, 2.05) is 0 Å². The summed E-state index contributed by atoms with van der Waals surface area (Å²) in [4.78, 5) is 0. The third-order valence-electron chi connectivity index (χ3n) is 4.62. The van der Waals surface area contributed by atoms with Crippen LogP contribution in [0.1, 0.15) is 41.5 Å². The molecule has 0 spiro atoms. The van der Waals surface area contributed by atoms with E-state index in [1.54, 1.807) is 16.7 Å². The fraction of sp³-hybridized carbons (Fsp3) is 0.333. The van der Waals surface area contributed by atoms with Crippen LogP contribution in [0.2, 0.25) is 0 Å². The van der Waals surface area contributed by atoms with E-state index in [9.17, 15) is 0 Å². The van der Waals surface area contributed by atoms with Gasteiger partial charge in [-0.3, -0.25) is 0 Å². The molecule has 2 aliphatic rings. The Balaban J connectivity index is 1.87. The summed E-state index contributed by atoms with van der Waals surface area (Å²) < 4.78 is 1.30. The van der Waals surface area contributed by atoms with E-state index in [2.05, 4.69) is 46.6 Å². The lowest BCUT2D eigenvalue weighted by Gasteiger charge is -2.10. The normalized spacial score (nSPS) is 16.4. The van der Waals surface area contributed by atoms with Gasteiger partial charge in [-0.2, -0.15) is 0 Å². The molecule has 2 radical (unpaired) electrons. The number of hydrogen-bond acceptors (Lipinski definition) is 0. The number of hydrogen-bond donors (Lipinski definition) is 0. The van der Waals surface area contributed by atoms with Gasteiger partial charge in [0.2, 0.25) is 0 Å². The maximum absolute atomic E-state index is 2.81. The van der Waals surface area contributed by atoms with E-state index >= 15 is 0 Å². The lowest BCUT2D eigenvalue weighted by molar-refractivity contribution is 0.711. The summed E-state index contributed by atoms with van der Waals surface area (Å²) >= 11 is 2.81. The molecule has 2 aliphatic carbocycles. The van der Waals surface area contributed by atoms with Gasteiger partial charge in [0.15, 0.2) is 16.3 Å². The summed E-state index contributed by atoms with van der Waals surface area (Å²) in [6, 6.07) is 11.8. The summed E-state index contributed by atoms with van der Waals surface area (Å²) in [6.45, 7) is 0. The van der Waals surface area contributed by atoms with Crippen LogP contribution in [0.5, 0.6) is 0 Å². The Hall–Kier alpha value is -1.03. The molecule has 0 aromatic heterocycles. The van der Waals surface area contributed by atoms with Gasteiger partial charge in [0, 0.05) is 0 Å². The van der Waals surface area contributed by atoms with Crippen LogP contribution in [0.15, 0.2) is 30.3 Å². The Morgan fingerprint density at radius 2 is 1.42 bits per heavy atom. The molecule has 0 unspecified atom stereocenters. The van der Waals surface area contributed by atoms with Gasteiger partial charge in [-0.25, -0.2) is 0 Å². The van der Waals surface area contributed by atoms with Crippen LogP contribution in [0.4, 0.5) is 0 Å². The highest BCUT2D eigenvalue weighted by Crippen LogP contribution is 2.38. The summed E-state index contributed by atoms with van der Waals surface area (Å²) in [5.41, 5.74) is 9.25. The largest absolute Gasteiger partial charge is 0.175 e. The molecule has 0 saturated heterocycles. The third kappa shape index (κ3) is 1.97. The Kier molecular flexibility index (Phi) is 2.80. The van der Waals surface area contributed by atoms with Gasteiger partial charge < -0.3 is 0 Å². The van der Waals surface area contributed by atoms with Crippen molar-refractivity contribution in [3.8, 4) is 11.1 Å². The van der Waals surface area contributed by atoms with Crippen LogP contribution in [0.25, 0.3) is 11.1 Å². The van der Waals surface area contributed by atoms with Crippen LogP contribution in [0.3, 0.4) is 0 Å². The first-order valence-corrected chi connectivity index (χ1v) is 7.92. The van der Waals surface area contributed by atoms with Crippen molar-refractivity contribution < 1.29 is 0 Å². The quantitative estimate of drug-likeness (QED) is 0.429. The van der Waals surface area contributed by atoms with E-state index in [-0.39, 0.29) is 0 Å². The SMILES string of the molecule is [Al][c]1ccc2c(c1)Cc1cc3c(cc1-2)CCCCC3. The molecule has 0 aliphatic heterocycles. The van der Waals surface area contributed by atoms with Crippen LogP contribution in [-0.2, 0) is 19.3 Å². The lowest BCUT2D eigenvalue weighted by atomic mass is 9.95. The van der Waals surface area contributed by atoms with Gasteiger partial charge in [-0.05, 0) is 65.5 Å². The Bertz CT molecular complexity index is 655. The Labute approximate surface area is 123 Å².